The molecular formula is C15H28N4+2. The van der Waals surface area contributed by atoms with Crippen LogP contribution in [0.5, 0.6) is 0 Å². The van der Waals surface area contributed by atoms with Crippen LogP contribution in [-0.2, 0) is 27.2 Å². The van der Waals surface area contributed by atoms with Crippen molar-refractivity contribution in [3.05, 3.63) is 36.4 Å². The SMILES string of the molecule is CCCn1cc[n+](C)c1C.CCn1cc[n+](C)c1C. The topological polar surface area (TPSA) is 17.6 Å². The highest BCUT2D eigenvalue weighted by atomic mass is 15.1. The predicted octanol–water partition coefficient (Wildman–Crippen LogP) is 1.67. The Morgan fingerprint density at radius 2 is 1.37 bits per heavy atom. The van der Waals surface area contributed by atoms with Crippen LogP contribution in [0.2, 0.25) is 0 Å². The van der Waals surface area contributed by atoms with Crippen LogP contribution in [-0.4, -0.2) is 9.13 Å². The minimum Gasteiger partial charge on any atom is -0.237 e. The normalized spacial score (nSPS) is 10.2. The van der Waals surface area contributed by atoms with Gasteiger partial charge in [-0.2, -0.15) is 0 Å². The third-order valence-electron chi connectivity index (χ3n) is 3.60. The Labute approximate surface area is 116 Å². The van der Waals surface area contributed by atoms with Crippen LogP contribution in [0.1, 0.15) is 31.9 Å². The van der Waals surface area contributed by atoms with Crippen LogP contribution in [0.25, 0.3) is 0 Å². The minimum atomic E-state index is 1.06. The average molecular weight is 264 g/mol. The zero-order valence-corrected chi connectivity index (χ0v) is 13.2. The Morgan fingerprint density at radius 3 is 1.63 bits per heavy atom. The Kier molecular flexibility index (Phi) is 5.80. The van der Waals surface area contributed by atoms with Gasteiger partial charge in [0.15, 0.2) is 0 Å². The van der Waals surface area contributed by atoms with E-state index in [0.717, 1.165) is 13.1 Å². The maximum absolute atomic E-state index is 2.26. The number of aryl methyl sites for hydroxylation is 4. The first-order valence-corrected chi connectivity index (χ1v) is 7.03. The lowest BCUT2D eigenvalue weighted by atomic mass is 10.5. The fourth-order valence-electron chi connectivity index (χ4n) is 2.01. The summed E-state index contributed by atoms with van der Waals surface area (Å²) in [5, 5.41) is 0. The molecule has 0 saturated heterocycles. The van der Waals surface area contributed by atoms with Gasteiger partial charge in [-0.1, -0.05) is 6.92 Å². The lowest BCUT2D eigenvalue weighted by Crippen LogP contribution is -2.29. The van der Waals surface area contributed by atoms with Crippen molar-refractivity contribution >= 4 is 0 Å². The molecule has 0 amide bonds. The van der Waals surface area contributed by atoms with E-state index in [2.05, 4.69) is 84.8 Å². The summed E-state index contributed by atoms with van der Waals surface area (Å²) < 4.78 is 8.72. The van der Waals surface area contributed by atoms with E-state index in [1.165, 1.54) is 18.1 Å². The molecule has 0 fully saturated rings. The van der Waals surface area contributed by atoms with E-state index in [1.54, 1.807) is 0 Å². The van der Waals surface area contributed by atoms with Crippen LogP contribution in [0.3, 0.4) is 0 Å². The minimum absolute atomic E-state index is 1.06. The molecule has 2 heterocycles. The average Bonchev–Trinajstić information content (AvgIpc) is 2.89. The van der Waals surface area contributed by atoms with E-state index in [0.29, 0.717) is 0 Å². The molecular weight excluding hydrogens is 236 g/mol. The molecule has 2 rings (SSSR count). The molecule has 0 aromatic carbocycles. The van der Waals surface area contributed by atoms with Crippen LogP contribution in [0.4, 0.5) is 0 Å². The Hall–Kier alpha value is -1.58. The van der Waals surface area contributed by atoms with Crippen LogP contribution in [0.15, 0.2) is 24.8 Å². The van der Waals surface area contributed by atoms with Gasteiger partial charge in [-0.25, -0.2) is 18.3 Å². The van der Waals surface area contributed by atoms with Gasteiger partial charge in [0.2, 0.25) is 0 Å². The van der Waals surface area contributed by atoms with Crippen molar-refractivity contribution in [1.82, 2.24) is 9.13 Å². The largest absolute Gasteiger partial charge is 0.253 e. The lowest BCUT2D eigenvalue weighted by molar-refractivity contribution is -0.677. The van der Waals surface area contributed by atoms with Gasteiger partial charge in [0.25, 0.3) is 11.6 Å². The molecule has 4 heteroatoms. The summed E-state index contributed by atoms with van der Waals surface area (Å²) in [5.74, 6) is 2.62. The van der Waals surface area contributed by atoms with Crippen molar-refractivity contribution in [2.45, 2.75) is 47.2 Å². The Morgan fingerprint density at radius 1 is 0.895 bits per heavy atom. The van der Waals surface area contributed by atoms with E-state index in [1.807, 2.05) is 0 Å². The fourth-order valence-corrected chi connectivity index (χ4v) is 2.01. The molecule has 0 radical (unpaired) electrons. The molecule has 106 valence electrons. The monoisotopic (exact) mass is 264 g/mol. The second kappa shape index (κ2) is 7.12. The van der Waals surface area contributed by atoms with Gasteiger partial charge < -0.3 is 0 Å². The molecule has 0 aliphatic heterocycles. The number of hydrogen-bond acceptors (Lipinski definition) is 0. The molecule has 2 aromatic rings. The highest BCUT2D eigenvalue weighted by Gasteiger charge is 2.05. The van der Waals surface area contributed by atoms with Crippen molar-refractivity contribution in [1.29, 1.82) is 0 Å². The summed E-state index contributed by atoms with van der Waals surface area (Å²) in [6.07, 6.45) is 9.58. The first-order chi connectivity index (χ1) is 9.01. The number of aromatic nitrogens is 4. The molecule has 0 saturated carbocycles. The summed E-state index contributed by atoms with van der Waals surface area (Å²) >= 11 is 0. The third kappa shape index (κ3) is 3.94. The van der Waals surface area contributed by atoms with E-state index in [4.69, 9.17) is 0 Å². The second-order valence-corrected chi connectivity index (χ2v) is 4.89. The number of nitrogens with zero attached hydrogens (tertiary/aromatic N) is 4. The van der Waals surface area contributed by atoms with Crippen molar-refractivity contribution in [3.63, 3.8) is 0 Å². The zero-order chi connectivity index (χ0) is 14.4. The summed E-state index contributed by atoms with van der Waals surface area (Å²) in [7, 11) is 4.13. The lowest BCUT2D eigenvalue weighted by Gasteiger charge is -1.93. The number of hydrogen-bond donors (Lipinski definition) is 0. The summed E-state index contributed by atoms with van der Waals surface area (Å²) in [6, 6.07) is 0. The molecule has 4 nitrogen and oxygen atoms in total. The van der Waals surface area contributed by atoms with Crippen LogP contribution in [0, 0.1) is 13.8 Å². The van der Waals surface area contributed by atoms with Crippen LogP contribution < -0.4 is 9.13 Å². The zero-order valence-electron chi connectivity index (χ0n) is 13.2. The molecule has 0 aliphatic rings. The van der Waals surface area contributed by atoms with Gasteiger partial charge in [-0.15, -0.1) is 0 Å². The summed E-state index contributed by atoms with van der Waals surface area (Å²) in [6.45, 7) is 10.8. The van der Waals surface area contributed by atoms with E-state index in [9.17, 15) is 0 Å². The van der Waals surface area contributed by atoms with Crippen LogP contribution >= 0.6 is 0 Å². The van der Waals surface area contributed by atoms with Gasteiger partial charge in [-0.3, -0.25) is 0 Å². The predicted molar refractivity (Wildman–Crippen MR) is 76.7 cm³/mol. The smallest absolute Gasteiger partial charge is 0.237 e. The highest BCUT2D eigenvalue weighted by molar-refractivity contribution is 4.78. The maximum atomic E-state index is 2.26. The van der Waals surface area contributed by atoms with E-state index in [-0.39, 0.29) is 0 Å². The van der Waals surface area contributed by atoms with Gasteiger partial charge in [-0.05, 0) is 13.3 Å². The summed E-state index contributed by atoms with van der Waals surface area (Å²) in [4.78, 5) is 0. The molecule has 0 aliphatic carbocycles. The van der Waals surface area contributed by atoms with Gasteiger partial charge >= 0.3 is 0 Å². The highest BCUT2D eigenvalue weighted by Crippen LogP contribution is 1.93. The van der Waals surface area contributed by atoms with E-state index >= 15 is 0 Å². The van der Waals surface area contributed by atoms with Gasteiger partial charge in [0.05, 0.1) is 27.2 Å². The first kappa shape index (κ1) is 15.5. The molecule has 0 bridgehead atoms. The number of imidazole rings is 2. The van der Waals surface area contributed by atoms with Crippen molar-refractivity contribution in [3.8, 4) is 0 Å². The number of rotatable bonds is 3. The van der Waals surface area contributed by atoms with Gasteiger partial charge in [0, 0.05) is 13.8 Å². The third-order valence-corrected chi connectivity index (χ3v) is 3.60. The van der Waals surface area contributed by atoms with Gasteiger partial charge in [0.1, 0.15) is 24.8 Å². The van der Waals surface area contributed by atoms with Crippen molar-refractivity contribution < 1.29 is 9.13 Å². The molecule has 0 spiro atoms. The second-order valence-electron chi connectivity index (χ2n) is 4.89. The molecule has 0 unspecified atom stereocenters. The molecule has 0 atom stereocenters. The molecule has 0 N–H and O–H groups in total. The van der Waals surface area contributed by atoms with Crippen molar-refractivity contribution in [2.24, 2.45) is 14.1 Å². The van der Waals surface area contributed by atoms with E-state index < -0.39 is 0 Å². The Balaban J connectivity index is 0.000000191. The molecule has 2 aromatic heterocycles. The fraction of sp³-hybridized carbons (Fsp3) is 0.600. The Bertz CT molecular complexity index is 508. The van der Waals surface area contributed by atoms with Crippen molar-refractivity contribution in [2.75, 3.05) is 0 Å². The first-order valence-electron chi connectivity index (χ1n) is 7.03. The quantitative estimate of drug-likeness (QED) is 0.751. The maximum Gasteiger partial charge on any atom is 0.253 e. The molecule has 19 heavy (non-hydrogen) atoms. The standard InChI is InChI=1S/C8H15N2.C7H13N2/c1-4-5-10-7-6-9(3)8(10)2;1-4-9-6-5-8(3)7(9)2/h6-7H,4-5H2,1-3H3;5-6H,4H2,1-3H3/q2*+1. The summed E-state index contributed by atoms with van der Waals surface area (Å²) in [5.41, 5.74) is 0.